The summed E-state index contributed by atoms with van der Waals surface area (Å²) in [6.07, 6.45) is 2.09. The smallest absolute Gasteiger partial charge is 0.336 e. The molecule has 7 nitrogen and oxygen atoms in total. The zero-order valence-electron chi connectivity index (χ0n) is 16.4. The molecule has 30 heavy (non-hydrogen) atoms. The van der Waals surface area contributed by atoms with E-state index in [1.54, 1.807) is 30.3 Å². The number of fused-ring (bicyclic) bond motifs is 1. The summed E-state index contributed by atoms with van der Waals surface area (Å²) in [7, 11) is 0. The van der Waals surface area contributed by atoms with Crippen LogP contribution in [0.1, 0.15) is 28.8 Å². The number of ether oxygens (including phenoxy) is 1. The van der Waals surface area contributed by atoms with Crippen molar-refractivity contribution in [1.82, 2.24) is 10.2 Å². The first-order chi connectivity index (χ1) is 14.6. The summed E-state index contributed by atoms with van der Waals surface area (Å²) >= 11 is 0. The molecule has 154 valence electrons. The zero-order valence-corrected chi connectivity index (χ0v) is 16.4. The Kier molecular flexibility index (Phi) is 5.79. The number of carbonyl (C=O) groups excluding carboxylic acids is 2. The minimum absolute atomic E-state index is 0.0342. The molecule has 2 heterocycles. The Balaban J connectivity index is 1.31. The van der Waals surface area contributed by atoms with Gasteiger partial charge in [0.05, 0.1) is 0 Å². The van der Waals surface area contributed by atoms with Crippen LogP contribution in [0.25, 0.3) is 11.0 Å². The second-order valence-electron chi connectivity index (χ2n) is 7.22. The molecule has 0 bridgehead atoms. The van der Waals surface area contributed by atoms with E-state index in [4.69, 9.17) is 9.15 Å². The van der Waals surface area contributed by atoms with Crippen LogP contribution in [-0.2, 0) is 11.3 Å². The Morgan fingerprint density at radius 1 is 1.03 bits per heavy atom. The van der Waals surface area contributed by atoms with Gasteiger partial charge in [-0.1, -0.05) is 12.1 Å². The zero-order chi connectivity index (χ0) is 20.9. The van der Waals surface area contributed by atoms with E-state index < -0.39 is 5.63 Å². The summed E-state index contributed by atoms with van der Waals surface area (Å²) in [6, 6.07) is 15.4. The standard InChI is InChI=1S/C23H22N2O5/c26-21(15-29-19-8-6-17-7-9-22(27)30-20(17)13-19)24-14-16-4-3-5-18(12-16)23(28)25-10-1-2-11-25/h3-9,12-13H,1-2,10-11,14-15H2,(H,24,26). The van der Waals surface area contributed by atoms with Gasteiger partial charge in [-0.15, -0.1) is 0 Å². The largest absolute Gasteiger partial charge is 0.484 e. The number of hydrogen-bond donors (Lipinski definition) is 1. The maximum Gasteiger partial charge on any atom is 0.336 e. The Morgan fingerprint density at radius 2 is 1.83 bits per heavy atom. The molecular weight excluding hydrogens is 384 g/mol. The number of likely N-dealkylation sites (tertiary alicyclic amines) is 1. The normalized spacial score (nSPS) is 13.4. The van der Waals surface area contributed by atoms with Crippen molar-refractivity contribution in [2.45, 2.75) is 19.4 Å². The molecule has 1 aliphatic heterocycles. The lowest BCUT2D eigenvalue weighted by molar-refractivity contribution is -0.123. The lowest BCUT2D eigenvalue weighted by Gasteiger charge is -2.15. The molecule has 0 unspecified atom stereocenters. The summed E-state index contributed by atoms with van der Waals surface area (Å²) in [5, 5.41) is 3.56. The molecule has 3 aromatic rings. The minimum Gasteiger partial charge on any atom is -0.484 e. The monoisotopic (exact) mass is 406 g/mol. The van der Waals surface area contributed by atoms with E-state index >= 15 is 0 Å². The van der Waals surface area contributed by atoms with Crippen molar-refractivity contribution < 1.29 is 18.7 Å². The number of nitrogens with zero attached hydrogens (tertiary/aromatic N) is 1. The van der Waals surface area contributed by atoms with Crippen LogP contribution >= 0.6 is 0 Å². The highest BCUT2D eigenvalue weighted by Crippen LogP contribution is 2.19. The van der Waals surface area contributed by atoms with Gasteiger partial charge in [0.15, 0.2) is 6.61 Å². The van der Waals surface area contributed by atoms with Crippen molar-refractivity contribution in [2.24, 2.45) is 0 Å². The third-order valence-corrected chi connectivity index (χ3v) is 5.02. The van der Waals surface area contributed by atoms with Gasteiger partial charge in [-0.2, -0.15) is 0 Å². The number of hydrogen-bond acceptors (Lipinski definition) is 5. The fourth-order valence-electron chi connectivity index (χ4n) is 3.45. The quantitative estimate of drug-likeness (QED) is 0.636. The molecule has 1 fully saturated rings. The van der Waals surface area contributed by atoms with E-state index in [1.165, 1.54) is 6.07 Å². The second kappa shape index (κ2) is 8.82. The number of nitrogens with one attached hydrogen (secondary N) is 1. The van der Waals surface area contributed by atoms with Crippen LogP contribution in [0.3, 0.4) is 0 Å². The highest BCUT2D eigenvalue weighted by molar-refractivity contribution is 5.94. The van der Waals surface area contributed by atoms with Gasteiger partial charge in [0, 0.05) is 42.7 Å². The SMILES string of the molecule is O=C(COc1ccc2ccc(=O)oc2c1)NCc1cccc(C(=O)N2CCCC2)c1. The Hall–Kier alpha value is -3.61. The van der Waals surface area contributed by atoms with Crippen molar-refractivity contribution >= 4 is 22.8 Å². The average Bonchev–Trinajstić information content (AvgIpc) is 3.30. The van der Waals surface area contributed by atoms with Crippen molar-refractivity contribution in [1.29, 1.82) is 0 Å². The number of rotatable bonds is 6. The molecule has 0 aliphatic carbocycles. The van der Waals surface area contributed by atoms with E-state index in [9.17, 15) is 14.4 Å². The van der Waals surface area contributed by atoms with Crippen molar-refractivity contribution in [3.63, 3.8) is 0 Å². The molecule has 1 saturated heterocycles. The summed E-state index contributed by atoms with van der Waals surface area (Å²) in [5.74, 6) is 0.179. The van der Waals surface area contributed by atoms with Gasteiger partial charge in [0.2, 0.25) is 0 Å². The summed E-state index contributed by atoms with van der Waals surface area (Å²) in [6.45, 7) is 1.73. The van der Waals surface area contributed by atoms with Gasteiger partial charge in [-0.25, -0.2) is 4.79 Å². The highest BCUT2D eigenvalue weighted by Gasteiger charge is 2.19. The third-order valence-electron chi connectivity index (χ3n) is 5.02. The van der Waals surface area contributed by atoms with Crippen molar-refractivity contribution in [3.05, 3.63) is 76.1 Å². The molecule has 1 N–H and O–H groups in total. The molecule has 0 saturated carbocycles. The summed E-state index contributed by atoms with van der Waals surface area (Å²) in [4.78, 5) is 37.8. The average molecular weight is 406 g/mol. The molecule has 0 spiro atoms. The number of benzene rings is 2. The maximum atomic E-state index is 12.5. The molecule has 2 aromatic carbocycles. The van der Waals surface area contributed by atoms with E-state index in [1.807, 2.05) is 23.1 Å². The highest BCUT2D eigenvalue weighted by atomic mass is 16.5. The van der Waals surface area contributed by atoms with E-state index in [2.05, 4.69) is 5.32 Å². The molecule has 1 aromatic heterocycles. The van der Waals surface area contributed by atoms with E-state index in [0.29, 0.717) is 23.4 Å². The Labute approximate surface area is 173 Å². The van der Waals surface area contributed by atoms with Gasteiger partial charge in [0.25, 0.3) is 11.8 Å². The topological polar surface area (TPSA) is 88.9 Å². The molecule has 2 amide bonds. The van der Waals surface area contributed by atoms with Gasteiger partial charge in [-0.05, 0) is 48.7 Å². The molecule has 7 heteroatoms. The van der Waals surface area contributed by atoms with Crippen LogP contribution in [0.5, 0.6) is 5.75 Å². The molecule has 1 aliphatic rings. The van der Waals surface area contributed by atoms with Crippen molar-refractivity contribution in [2.75, 3.05) is 19.7 Å². The fraction of sp³-hybridized carbons (Fsp3) is 0.261. The lowest BCUT2D eigenvalue weighted by Crippen LogP contribution is -2.29. The van der Waals surface area contributed by atoms with Gasteiger partial charge in [-0.3, -0.25) is 9.59 Å². The predicted octanol–water partition coefficient (Wildman–Crippen LogP) is 2.72. The van der Waals surface area contributed by atoms with Crippen molar-refractivity contribution in [3.8, 4) is 5.75 Å². The molecule has 4 rings (SSSR count). The van der Waals surface area contributed by atoms with Crippen LogP contribution in [0, 0.1) is 0 Å². The van der Waals surface area contributed by atoms with E-state index in [0.717, 1.165) is 36.9 Å². The van der Waals surface area contributed by atoms with Crippen LogP contribution in [-0.4, -0.2) is 36.4 Å². The van der Waals surface area contributed by atoms with Crippen LogP contribution in [0.2, 0.25) is 0 Å². The van der Waals surface area contributed by atoms with Crippen LogP contribution < -0.4 is 15.7 Å². The van der Waals surface area contributed by atoms with Crippen LogP contribution in [0.15, 0.2) is 63.8 Å². The first-order valence-electron chi connectivity index (χ1n) is 9.90. The third kappa shape index (κ3) is 4.68. The van der Waals surface area contributed by atoms with Crippen LogP contribution in [0.4, 0.5) is 0 Å². The molecular formula is C23H22N2O5. The predicted molar refractivity (Wildman–Crippen MR) is 111 cm³/mol. The Bertz CT molecular complexity index is 1130. The molecule has 0 atom stereocenters. The van der Waals surface area contributed by atoms with E-state index in [-0.39, 0.29) is 18.4 Å². The second-order valence-corrected chi connectivity index (χ2v) is 7.22. The Morgan fingerprint density at radius 3 is 2.67 bits per heavy atom. The van der Waals surface area contributed by atoms with Gasteiger partial charge < -0.3 is 19.4 Å². The summed E-state index contributed by atoms with van der Waals surface area (Å²) in [5.41, 5.74) is 1.45. The first kappa shape index (κ1) is 19.7. The maximum absolute atomic E-state index is 12.5. The van der Waals surface area contributed by atoms with Gasteiger partial charge >= 0.3 is 5.63 Å². The number of carbonyl (C=O) groups is 2. The molecule has 0 radical (unpaired) electrons. The first-order valence-corrected chi connectivity index (χ1v) is 9.90. The fourth-order valence-corrected chi connectivity index (χ4v) is 3.45. The van der Waals surface area contributed by atoms with Gasteiger partial charge in [0.1, 0.15) is 11.3 Å². The lowest BCUT2D eigenvalue weighted by atomic mass is 10.1. The number of amides is 2. The summed E-state index contributed by atoms with van der Waals surface area (Å²) < 4.78 is 10.6. The minimum atomic E-state index is -0.442.